The number of morpholine rings is 1. The molecule has 5 heterocycles. The predicted molar refractivity (Wildman–Crippen MR) is 103 cm³/mol. The van der Waals surface area contributed by atoms with E-state index in [9.17, 15) is 26.7 Å². The number of hydrogen-bond acceptors (Lipinski definition) is 6. The Morgan fingerprint density at radius 2 is 1.88 bits per heavy atom. The standard InChI is InChI=1S/C19H21F5N6O2/c20-17(21)30-11(3-5-25-30)8-29-14(19(22,23)24)4-6-28-16(31)7-15(26-18(28)29)27-9-12-1-2-13(10-27)32-12/h3,5,7,12-14,17H,1-2,4,6,8-10H2/t12?,13?,14-/m0/s1. The lowest BCUT2D eigenvalue weighted by Gasteiger charge is -2.40. The zero-order valence-corrected chi connectivity index (χ0v) is 16.9. The van der Waals surface area contributed by atoms with Gasteiger partial charge in [0.15, 0.2) is 0 Å². The van der Waals surface area contributed by atoms with Crippen LogP contribution in [0, 0.1) is 0 Å². The van der Waals surface area contributed by atoms with Crippen LogP contribution in [0.2, 0.25) is 0 Å². The van der Waals surface area contributed by atoms with Crippen molar-refractivity contribution >= 4 is 11.8 Å². The van der Waals surface area contributed by atoms with Crippen molar-refractivity contribution in [2.24, 2.45) is 0 Å². The zero-order valence-electron chi connectivity index (χ0n) is 16.9. The van der Waals surface area contributed by atoms with Gasteiger partial charge in [0.2, 0.25) is 5.95 Å². The van der Waals surface area contributed by atoms with Gasteiger partial charge in [0.25, 0.3) is 5.56 Å². The Balaban J connectivity index is 1.56. The first-order chi connectivity index (χ1) is 15.2. The summed E-state index contributed by atoms with van der Waals surface area (Å²) in [6, 6.07) is 0.593. The van der Waals surface area contributed by atoms with E-state index in [2.05, 4.69) is 10.1 Å². The third-order valence-corrected chi connectivity index (χ3v) is 6.25. The smallest absolute Gasteiger partial charge is 0.371 e. The van der Waals surface area contributed by atoms with E-state index in [-0.39, 0.29) is 42.6 Å². The summed E-state index contributed by atoms with van der Waals surface area (Å²) in [5.41, 5.74) is -0.580. The summed E-state index contributed by atoms with van der Waals surface area (Å²) < 4.78 is 75.5. The van der Waals surface area contributed by atoms with Crippen molar-refractivity contribution in [2.45, 2.75) is 63.3 Å². The van der Waals surface area contributed by atoms with Crippen LogP contribution >= 0.6 is 0 Å². The highest BCUT2D eigenvalue weighted by molar-refractivity contribution is 5.47. The van der Waals surface area contributed by atoms with Crippen molar-refractivity contribution in [1.29, 1.82) is 0 Å². The molecule has 32 heavy (non-hydrogen) atoms. The topological polar surface area (TPSA) is 68.4 Å². The molecular formula is C19H21F5N6O2. The molecule has 0 aliphatic carbocycles. The van der Waals surface area contributed by atoms with Crippen LogP contribution in [0.5, 0.6) is 0 Å². The average Bonchev–Trinajstić information content (AvgIpc) is 3.33. The minimum atomic E-state index is -4.63. The molecular weight excluding hydrogens is 439 g/mol. The molecule has 5 rings (SSSR count). The van der Waals surface area contributed by atoms with Crippen LogP contribution in [-0.4, -0.2) is 56.8 Å². The Kier molecular flexibility index (Phi) is 5.10. The summed E-state index contributed by atoms with van der Waals surface area (Å²) in [6.45, 7) is -2.69. The number of ether oxygens (including phenoxy) is 1. The van der Waals surface area contributed by atoms with Gasteiger partial charge in [-0.1, -0.05) is 0 Å². The number of alkyl halides is 5. The van der Waals surface area contributed by atoms with Crippen molar-refractivity contribution < 1.29 is 26.7 Å². The molecule has 0 amide bonds. The molecule has 0 aromatic carbocycles. The third-order valence-electron chi connectivity index (χ3n) is 6.25. The van der Waals surface area contributed by atoms with Gasteiger partial charge in [-0.3, -0.25) is 9.36 Å². The van der Waals surface area contributed by atoms with Gasteiger partial charge in [0.1, 0.15) is 11.9 Å². The molecule has 0 N–H and O–H groups in total. The third kappa shape index (κ3) is 3.71. The highest BCUT2D eigenvalue weighted by Gasteiger charge is 2.47. The quantitative estimate of drug-likeness (QED) is 0.654. The summed E-state index contributed by atoms with van der Waals surface area (Å²) in [5, 5.41) is 3.50. The maximum Gasteiger partial charge on any atom is 0.408 e. The van der Waals surface area contributed by atoms with Crippen molar-refractivity contribution in [1.82, 2.24) is 19.3 Å². The number of aromatic nitrogens is 4. The van der Waals surface area contributed by atoms with Crippen LogP contribution in [-0.2, 0) is 17.8 Å². The maximum atomic E-state index is 13.9. The molecule has 0 saturated carbocycles. The molecule has 3 aliphatic rings. The first kappa shape index (κ1) is 21.2. The summed E-state index contributed by atoms with van der Waals surface area (Å²) in [6.07, 6.45) is -2.17. The van der Waals surface area contributed by atoms with E-state index in [1.54, 1.807) is 0 Å². The molecule has 3 aliphatic heterocycles. The first-order valence-electron chi connectivity index (χ1n) is 10.4. The number of anilines is 2. The van der Waals surface area contributed by atoms with E-state index in [0.29, 0.717) is 17.8 Å². The zero-order chi connectivity index (χ0) is 22.6. The highest BCUT2D eigenvalue weighted by Crippen LogP contribution is 2.36. The van der Waals surface area contributed by atoms with Crippen molar-refractivity contribution in [2.75, 3.05) is 22.9 Å². The van der Waals surface area contributed by atoms with E-state index in [1.165, 1.54) is 16.7 Å². The van der Waals surface area contributed by atoms with Gasteiger partial charge in [0.05, 0.1) is 24.4 Å². The minimum absolute atomic E-state index is 0.00578. The fourth-order valence-electron chi connectivity index (χ4n) is 4.76. The maximum absolute atomic E-state index is 13.9. The Bertz CT molecular complexity index is 1040. The molecule has 2 aromatic heterocycles. The molecule has 174 valence electrons. The van der Waals surface area contributed by atoms with Gasteiger partial charge >= 0.3 is 12.7 Å². The predicted octanol–water partition coefficient (Wildman–Crippen LogP) is 2.54. The first-order valence-corrected chi connectivity index (χ1v) is 10.4. The van der Waals surface area contributed by atoms with Gasteiger partial charge in [-0.2, -0.15) is 32.0 Å². The molecule has 0 spiro atoms. The Morgan fingerprint density at radius 3 is 2.53 bits per heavy atom. The highest BCUT2D eigenvalue weighted by atomic mass is 19.4. The normalized spacial score (nSPS) is 25.5. The van der Waals surface area contributed by atoms with Crippen molar-refractivity contribution in [3.63, 3.8) is 0 Å². The fraction of sp³-hybridized carbons (Fsp3) is 0.632. The fourth-order valence-corrected chi connectivity index (χ4v) is 4.76. The van der Waals surface area contributed by atoms with Crippen LogP contribution in [0.3, 0.4) is 0 Å². The second kappa shape index (κ2) is 7.71. The van der Waals surface area contributed by atoms with E-state index in [0.717, 1.165) is 23.9 Å². The molecule has 2 aromatic rings. The lowest BCUT2D eigenvalue weighted by atomic mass is 10.1. The van der Waals surface area contributed by atoms with Gasteiger partial charge in [0, 0.05) is 31.9 Å². The Morgan fingerprint density at radius 1 is 1.16 bits per heavy atom. The largest absolute Gasteiger partial charge is 0.408 e. The van der Waals surface area contributed by atoms with Gasteiger partial charge in [-0.15, -0.1) is 0 Å². The van der Waals surface area contributed by atoms with Crippen LogP contribution in [0.15, 0.2) is 23.1 Å². The van der Waals surface area contributed by atoms with Crippen molar-refractivity contribution in [3.8, 4) is 0 Å². The molecule has 8 nitrogen and oxygen atoms in total. The molecule has 3 atom stereocenters. The van der Waals surface area contributed by atoms with E-state index >= 15 is 0 Å². The van der Waals surface area contributed by atoms with Crippen LogP contribution in [0.1, 0.15) is 31.5 Å². The average molecular weight is 460 g/mol. The number of halogens is 5. The number of fused-ring (bicyclic) bond motifs is 3. The minimum Gasteiger partial charge on any atom is -0.371 e. The van der Waals surface area contributed by atoms with Gasteiger partial charge in [-0.25, -0.2) is 4.68 Å². The molecule has 2 bridgehead atoms. The van der Waals surface area contributed by atoms with E-state index < -0.39 is 30.9 Å². The number of rotatable bonds is 4. The Labute approximate surface area is 179 Å². The van der Waals surface area contributed by atoms with Crippen LogP contribution in [0.4, 0.5) is 33.7 Å². The monoisotopic (exact) mass is 460 g/mol. The van der Waals surface area contributed by atoms with Crippen LogP contribution < -0.4 is 15.4 Å². The van der Waals surface area contributed by atoms with Crippen molar-refractivity contribution in [3.05, 3.63) is 34.4 Å². The van der Waals surface area contributed by atoms with Crippen LogP contribution in [0.25, 0.3) is 0 Å². The second-order valence-corrected chi connectivity index (χ2v) is 8.29. The summed E-state index contributed by atoms with van der Waals surface area (Å²) in [4.78, 5) is 20.0. The molecule has 2 fully saturated rings. The van der Waals surface area contributed by atoms with Gasteiger partial charge in [-0.05, 0) is 25.3 Å². The molecule has 2 unspecified atom stereocenters. The lowest BCUT2D eigenvalue weighted by molar-refractivity contribution is -0.153. The number of nitrogens with zero attached hydrogens (tertiary/aromatic N) is 6. The second-order valence-electron chi connectivity index (χ2n) is 8.29. The molecule has 2 saturated heterocycles. The van der Waals surface area contributed by atoms with E-state index in [1.807, 2.05) is 4.90 Å². The number of hydrogen-bond donors (Lipinski definition) is 0. The van der Waals surface area contributed by atoms with Gasteiger partial charge < -0.3 is 14.5 Å². The summed E-state index contributed by atoms with van der Waals surface area (Å²) in [5.74, 6) is 0.0959. The summed E-state index contributed by atoms with van der Waals surface area (Å²) >= 11 is 0. The summed E-state index contributed by atoms with van der Waals surface area (Å²) in [7, 11) is 0. The SMILES string of the molecule is O=c1cc(N2CC3CCC(C2)O3)nc2n1CC[C@@H](C(F)(F)F)N2Cc1ccnn1C(F)F. The molecule has 0 radical (unpaired) electrons. The molecule has 13 heteroatoms. The van der Waals surface area contributed by atoms with E-state index in [4.69, 9.17) is 4.74 Å². The lowest BCUT2D eigenvalue weighted by Crippen LogP contribution is -2.52. The Hall–Kier alpha value is -2.70.